The van der Waals surface area contributed by atoms with Crippen LogP contribution in [0.1, 0.15) is 57.6 Å². The Morgan fingerprint density at radius 2 is 1.78 bits per heavy atom. The van der Waals surface area contributed by atoms with Crippen LogP contribution in [0.15, 0.2) is 53.6 Å². The number of aromatic nitrogens is 3. The average molecular weight is 578 g/mol. The molecule has 9 nitrogen and oxygen atoms in total. The van der Waals surface area contributed by atoms with Crippen LogP contribution in [0.5, 0.6) is 5.75 Å². The highest BCUT2D eigenvalue weighted by Crippen LogP contribution is 2.38. The summed E-state index contributed by atoms with van der Waals surface area (Å²) >= 11 is 0. The fourth-order valence-corrected chi connectivity index (χ4v) is 6.58. The molecule has 1 saturated heterocycles. The summed E-state index contributed by atoms with van der Waals surface area (Å²) in [5.74, 6) is 2.31. The molecule has 5 rings (SSSR count). The van der Waals surface area contributed by atoms with E-state index in [1.807, 2.05) is 32.2 Å². The average Bonchev–Trinajstić information content (AvgIpc) is 3.40. The first-order chi connectivity index (χ1) is 19.5. The van der Waals surface area contributed by atoms with E-state index in [2.05, 4.69) is 51.6 Å². The smallest absolute Gasteiger partial charge is 0.351 e. The van der Waals surface area contributed by atoms with Gasteiger partial charge in [0.2, 0.25) is 11.5 Å². The molecule has 2 aromatic heterocycles. The normalized spacial score (nSPS) is 15.1. The minimum Gasteiger partial charge on any atom is -0.488 e. The predicted octanol–water partition coefficient (Wildman–Crippen LogP) is 5.95. The van der Waals surface area contributed by atoms with Crippen molar-refractivity contribution in [3.05, 3.63) is 59.8 Å². The lowest BCUT2D eigenvalue weighted by atomic mass is 9.86. The van der Waals surface area contributed by atoms with E-state index in [0.717, 1.165) is 48.4 Å². The Balaban J connectivity index is 1.52. The quantitative estimate of drug-likeness (QED) is 0.225. The van der Waals surface area contributed by atoms with Gasteiger partial charge in [-0.3, -0.25) is 10.3 Å². The van der Waals surface area contributed by atoms with Crippen molar-refractivity contribution in [2.75, 3.05) is 30.8 Å². The fraction of sp³-hybridized carbons (Fsp3) is 0.419. The highest BCUT2D eigenvalue weighted by atomic mass is 32.2. The molecule has 0 amide bonds. The van der Waals surface area contributed by atoms with Gasteiger partial charge < -0.3 is 15.0 Å². The molecular weight excluding hydrogens is 536 g/mol. The molecule has 0 radical (unpaired) electrons. The van der Waals surface area contributed by atoms with E-state index in [-0.39, 0.29) is 11.0 Å². The number of nitrogens with zero attached hydrogens (tertiary/aromatic N) is 2. The lowest BCUT2D eigenvalue weighted by Crippen LogP contribution is -2.29. The van der Waals surface area contributed by atoms with Crippen LogP contribution in [0.2, 0.25) is 0 Å². The number of likely N-dealkylation sites (tertiary alicyclic amines) is 1. The number of rotatable bonds is 9. The molecule has 0 atom stereocenters. The van der Waals surface area contributed by atoms with Crippen LogP contribution in [0, 0.1) is 6.92 Å². The molecular formula is C31H41N6O3S+. The van der Waals surface area contributed by atoms with Crippen molar-refractivity contribution in [1.29, 1.82) is 0 Å². The second-order valence-electron chi connectivity index (χ2n) is 11.5. The Bertz CT molecular complexity index is 1640. The maximum atomic E-state index is 13.1. The molecule has 0 bridgehead atoms. The Labute approximate surface area is 242 Å². The molecule has 0 unspecified atom stereocenters. The summed E-state index contributed by atoms with van der Waals surface area (Å²) in [6.45, 7) is 11.8. The van der Waals surface area contributed by atoms with Crippen LogP contribution in [0.3, 0.4) is 0 Å². The fourth-order valence-electron chi connectivity index (χ4n) is 5.38. The van der Waals surface area contributed by atoms with E-state index in [1.54, 1.807) is 32.0 Å². The van der Waals surface area contributed by atoms with Gasteiger partial charge in [0, 0.05) is 6.20 Å². The van der Waals surface area contributed by atoms with E-state index < -0.39 is 15.1 Å². The van der Waals surface area contributed by atoms with Crippen molar-refractivity contribution in [3.8, 4) is 5.75 Å². The zero-order valence-corrected chi connectivity index (χ0v) is 25.5. The molecule has 218 valence electrons. The first-order valence-electron chi connectivity index (χ1n) is 14.3. The molecule has 3 heterocycles. The molecule has 1 aliphatic heterocycles. The summed E-state index contributed by atoms with van der Waals surface area (Å²) in [4.78, 5) is 14.0. The largest absolute Gasteiger partial charge is 0.488 e. The van der Waals surface area contributed by atoms with Gasteiger partial charge in [-0.2, -0.15) is 0 Å². The number of benzene rings is 2. The topological polar surface area (TPSA) is 113 Å². The number of nitrogens with one attached hydrogen (secondary N) is 4. The van der Waals surface area contributed by atoms with Gasteiger partial charge in [0.1, 0.15) is 5.69 Å². The number of hydrogen-bond donors (Lipinski definition) is 3. The number of H-pyrrole nitrogens is 2. The van der Waals surface area contributed by atoms with Gasteiger partial charge in [-0.25, -0.2) is 13.4 Å². The number of piperidine rings is 1. The van der Waals surface area contributed by atoms with Crippen LogP contribution in [-0.2, 0) is 9.84 Å². The zero-order valence-electron chi connectivity index (χ0n) is 24.7. The summed E-state index contributed by atoms with van der Waals surface area (Å²) in [5.41, 5.74) is 4.60. The molecule has 4 N–H and O–H groups in total. The Morgan fingerprint density at radius 1 is 1.05 bits per heavy atom. The molecule has 2 aromatic carbocycles. The molecule has 1 aliphatic rings. The highest BCUT2D eigenvalue weighted by molar-refractivity contribution is 7.92. The number of anilines is 4. The minimum absolute atomic E-state index is 0.00283. The first kappa shape index (κ1) is 28.9. The van der Waals surface area contributed by atoms with Crippen LogP contribution in [0.4, 0.5) is 23.1 Å². The van der Waals surface area contributed by atoms with Gasteiger partial charge in [0.15, 0.2) is 15.6 Å². The Hall–Kier alpha value is -3.63. The van der Waals surface area contributed by atoms with Crippen LogP contribution in [0.25, 0.3) is 11.0 Å². The SMILES string of the molecule is Cc1cc(Nc2nc(Nc3ccccc3S(=O)(=O)C(C)C)c3cc[nH]c3[nH+]2)c(OC(C)C)cc1C1CCN(C)CC1. The van der Waals surface area contributed by atoms with Gasteiger partial charge in [0.25, 0.3) is 0 Å². The van der Waals surface area contributed by atoms with E-state index >= 15 is 0 Å². The second kappa shape index (κ2) is 11.7. The number of para-hydroxylation sites is 1. The summed E-state index contributed by atoms with van der Waals surface area (Å²) in [6, 6.07) is 13.2. The molecule has 0 saturated carbocycles. The second-order valence-corrected chi connectivity index (χ2v) is 14.0. The number of aryl methyl sites for hydroxylation is 1. The number of fused-ring (bicyclic) bond motifs is 1. The number of ether oxygens (including phenoxy) is 1. The van der Waals surface area contributed by atoms with Crippen molar-refractivity contribution in [2.45, 2.75) is 69.6 Å². The first-order valence-corrected chi connectivity index (χ1v) is 15.8. The Morgan fingerprint density at radius 3 is 2.49 bits per heavy atom. The number of aromatic amines is 2. The van der Waals surface area contributed by atoms with Crippen molar-refractivity contribution in [2.24, 2.45) is 0 Å². The molecule has 0 aliphatic carbocycles. The molecule has 0 spiro atoms. The highest BCUT2D eigenvalue weighted by Gasteiger charge is 2.26. The third kappa shape index (κ3) is 6.18. The summed E-state index contributed by atoms with van der Waals surface area (Å²) in [7, 11) is -1.33. The lowest BCUT2D eigenvalue weighted by Gasteiger charge is -2.30. The maximum Gasteiger partial charge on any atom is 0.351 e. The predicted molar refractivity (Wildman–Crippen MR) is 164 cm³/mol. The summed E-state index contributed by atoms with van der Waals surface area (Å²) in [6.07, 6.45) is 4.09. The van der Waals surface area contributed by atoms with Gasteiger partial charge in [-0.15, -0.1) is 0 Å². The van der Waals surface area contributed by atoms with E-state index in [4.69, 9.17) is 9.72 Å². The minimum atomic E-state index is -3.51. The van der Waals surface area contributed by atoms with Crippen LogP contribution < -0.4 is 20.4 Å². The van der Waals surface area contributed by atoms with Gasteiger partial charge in [0.05, 0.1) is 27.3 Å². The van der Waals surface area contributed by atoms with Gasteiger partial charge in [-0.05, 0) is 115 Å². The number of sulfone groups is 1. The zero-order chi connectivity index (χ0) is 29.3. The standard InChI is InChI=1S/C31H40N6O3S/c1-19(2)40-27-18-24(22-12-15-37(6)16-13-22)21(5)17-26(27)34-31-35-29-23(11-14-32-29)30(36-31)33-25-9-7-8-10-28(25)41(38,39)20(3)4/h7-11,14,17-20,22H,12-13,15-16H2,1-6H3,(H3,32,33,34,35,36)/p+1. The summed E-state index contributed by atoms with van der Waals surface area (Å²) < 4.78 is 32.5. The van der Waals surface area contributed by atoms with Crippen molar-refractivity contribution in [1.82, 2.24) is 14.9 Å². The third-order valence-corrected chi connectivity index (χ3v) is 9.89. The van der Waals surface area contributed by atoms with E-state index in [0.29, 0.717) is 23.4 Å². The Kier molecular flexibility index (Phi) is 8.24. The van der Waals surface area contributed by atoms with Gasteiger partial charge >= 0.3 is 5.95 Å². The molecule has 1 fully saturated rings. The molecule has 10 heteroatoms. The van der Waals surface area contributed by atoms with Crippen LogP contribution in [-0.4, -0.2) is 54.8 Å². The van der Waals surface area contributed by atoms with Crippen molar-refractivity contribution < 1.29 is 18.1 Å². The van der Waals surface area contributed by atoms with Gasteiger partial charge in [-0.1, -0.05) is 17.1 Å². The maximum absolute atomic E-state index is 13.1. The number of hydrogen-bond acceptors (Lipinski definition) is 7. The van der Waals surface area contributed by atoms with E-state index in [9.17, 15) is 8.42 Å². The monoisotopic (exact) mass is 577 g/mol. The lowest BCUT2D eigenvalue weighted by molar-refractivity contribution is -0.333. The van der Waals surface area contributed by atoms with Crippen molar-refractivity contribution >= 4 is 44.0 Å². The van der Waals surface area contributed by atoms with Crippen molar-refractivity contribution in [3.63, 3.8) is 0 Å². The van der Waals surface area contributed by atoms with E-state index in [1.165, 1.54) is 11.1 Å². The molecule has 41 heavy (non-hydrogen) atoms. The molecule has 4 aromatic rings. The third-order valence-electron chi connectivity index (χ3n) is 7.68. The summed E-state index contributed by atoms with van der Waals surface area (Å²) in [5, 5.41) is 7.00. The van der Waals surface area contributed by atoms with Crippen LogP contribution >= 0.6 is 0 Å².